The molecule has 0 atom stereocenters. The highest BCUT2D eigenvalue weighted by Crippen LogP contribution is 2.12. The first-order valence-corrected chi connectivity index (χ1v) is 7.39. The normalized spacial score (nSPS) is 11.5. The first-order valence-electron chi connectivity index (χ1n) is 5.74. The van der Waals surface area contributed by atoms with Crippen LogP contribution in [0.3, 0.4) is 0 Å². The summed E-state index contributed by atoms with van der Waals surface area (Å²) in [6.45, 7) is 1.74. The van der Waals surface area contributed by atoms with Gasteiger partial charge >= 0.3 is 5.97 Å². The molecule has 0 saturated heterocycles. The number of aryl methyl sites for hydroxylation is 1. The van der Waals surface area contributed by atoms with Gasteiger partial charge in [-0.2, -0.15) is 0 Å². The fourth-order valence-electron chi connectivity index (χ4n) is 1.49. The third kappa shape index (κ3) is 5.80. The van der Waals surface area contributed by atoms with E-state index in [0.717, 1.165) is 0 Å². The molecule has 0 aliphatic heterocycles. The zero-order valence-electron chi connectivity index (χ0n) is 10.5. The zero-order valence-corrected chi connectivity index (χ0v) is 11.3. The molecule has 0 amide bonds. The lowest BCUT2D eigenvalue weighted by atomic mass is 10.2. The monoisotopic (exact) mass is 289 g/mol. The summed E-state index contributed by atoms with van der Waals surface area (Å²) >= 11 is 0. The summed E-state index contributed by atoms with van der Waals surface area (Å²) in [7, 11) is -3.65. The van der Waals surface area contributed by atoms with Crippen molar-refractivity contribution < 1.29 is 22.7 Å². The Balaban J connectivity index is 2.56. The van der Waals surface area contributed by atoms with Crippen LogP contribution in [0.4, 0.5) is 4.39 Å². The van der Waals surface area contributed by atoms with Crippen molar-refractivity contribution in [2.45, 2.75) is 25.5 Å². The van der Waals surface area contributed by atoms with Crippen LogP contribution in [0.15, 0.2) is 18.2 Å². The predicted molar refractivity (Wildman–Crippen MR) is 68.6 cm³/mol. The number of sulfonamides is 1. The molecule has 0 fully saturated rings. The molecule has 0 aliphatic rings. The lowest BCUT2D eigenvalue weighted by Gasteiger charge is -2.07. The summed E-state index contributed by atoms with van der Waals surface area (Å²) in [4.78, 5) is 10.3. The highest BCUT2D eigenvalue weighted by Gasteiger charge is 2.14. The van der Waals surface area contributed by atoms with Crippen LogP contribution in [-0.2, 0) is 20.6 Å². The molecule has 1 aromatic carbocycles. The van der Waals surface area contributed by atoms with Crippen LogP contribution in [0.5, 0.6) is 0 Å². The number of carboxylic acids is 1. The van der Waals surface area contributed by atoms with Crippen LogP contribution < -0.4 is 4.72 Å². The predicted octanol–water partition coefficient (Wildman–Crippen LogP) is 1.42. The molecule has 0 saturated carbocycles. The zero-order chi connectivity index (χ0) is 14.5. The van der Waals surface area contributed by atoms with Gasteiger partial charge in [-0.05, 0) is 25.0 Å². The minimum atomic E-state index is -3.65. The number of carbonyl (C=O) groups is 1. The van der Waals surface area contributed by atoms with Gasteiger partial charge in [-0.3, -0.25) is 4.79 Å². The second-order valence-corrected chi connectivity index (χ2v) is 6.05. The highest BCUT2D eigenvalue weighted by molar-refractivity contribution is 7.88. The molecule has 19 heavy (non-hydrogen) atoms. The van der Waals surface area contributed by atoms with E-state index < -0.39 is 27.6 Å². The van der Waals surface area contributed by atoms with Crippen LogP contribution in [0.2, 0.25) is 0 Å². The minimum Gasteiger partial charge on any atom is -0.481 e. The number of nitrogens with one attached hydrogen (secondary N) is 1. The highest BCUT2D eigenvalue weighted by atomic mass is 32.2. The Hall–Kier alpha value is -1.47. The van der Waals surface area contributed by atoms with Gasteiger partial charge in [-0.15, -0.1) is 0 Å². The van der Waals surface area contributed by atoms with E-state index in [0.29, 0.717) is 5.56 Å². The van der Waals surface area contributed by atoms with Crippen LogP contribution in [0, 0.1) is 12.7 Å². The van der Waals surface area contributed by atoms with Crippen molar-refractivity contribution >= 4 is 16.0 Å². The third-order valence-corrected chi connectivity index (χ3v) is 3.78. The number of benzene rings is 1. The van der Waals surface area contributed by atoms with Gasteiger partial charge in [-0.25, -0.2) is 17.5 Å². The van der Waals surface area contributed by atoms with Crippen molar-refractivity contribution in [2.24, 2.45) is 0 Å². The largest absolute Gasteiger partial charge is 0.481 e. The quantitative estimate of drug-likeness (QED) is 0.744. The number of halogens is 1. The summed E-state index contributed by atoms with van der Waals surface area (Å²) in [5, 5.41) is 8.41. The summed E-state index contributed by atoms with van der Waals surface area (Å²) in [5.74, 6) is -1.99. The van der Waals surface area contributed by atoms with Crippen LogP contribution in [0.25, 0.3) is 0 Å². The maximum Gasteiger partial charge on any atom is 0.303 e. The Kier molecular flexibility index (Phi) is 5.44. The second-order valence-electron chi connectivity index (χ2n) is 4.25. The number of hydrogen-bond acceptors (Lipinski definition) is 3. The van der Waals surface area contributed by atoms with E-state index in [1.54, 1.807) is 13.0 Å². The lowest BCUT2D eigenvalue weighted by Crippen LogP contribution is -2.26. The third-order valence-electron chi connectivity index (χ3n) is 2.44. The number of hydrogen-bond donors (Lipinski definition) is 2. The Bertz CT molecular complexity index is 557. The van der Waals surface area contributed by atoms with Crippen LogP contribution in [-0.4, -0.2) is 26.0 Å². The lowest BCUT2D eigenvalue weighted by molar-refractivity contribution is -0.137. The molecule has 106 valence electrons. The van der Waals surface area contributed by atoms with E-state index in [9.17, 15) is 17.6 Å². The number of aliphatic carboxylic acids is 1. The van der Waals surface area contributed by atoms with Gasteiger partial charge < -0.3 is 5.11 Å². The van der Waals surface area contributed by atoms with E-state index in [4.69, 9.17) is 5.11 Å². The van der Waals surface area contributed by atoms with Crippen molar-refractivity contribution in [3.8, 4) is 0 Å². The summed E-state index contributed by atoms with van der Waals surface area (Å²) in [6, 6.07) is 4.34. The maximum atomic E-state index is 13.5. The van der Waals surface area contributed by atoms with Crippen LogP contribution >= 0.6 is 0 Å². The van der Waals surface area contributed by atoms with Gasteiger partial charge in [0.05, 0.1) is 5.75 Å². The molecule has 0 unspecified atom stereocenters. The van der Waals surface area contributed by atoms with E-state index in [1.165, 1.54) is 12.1 Å². The van der Waals surface area contributed by atoms with Gasteiger partial charge in [-0.1, -0.05) is 12.1 Å². The molecule has 0 bridgehead atoms. The Morgan fingerprint density at radius 3 is 2.68 bits per heavy atom. The fourth-order valence-corrected chi connectivity index (χ4v) is 2.69. The van der Waals surface area contributed by atoms with Crippen molar-refractivity contribution in [1.82, 2.24) is 4.72 Å². The van der Waals surface area contributed by atoms with E-state index in [2.05, 4.69) is 4.72 Å². The Morgan fingerprint density at radius 2 is 2.11 bits per heavy atom. The maximum absolute atomic E-state index is 13.5. The van der Waals surface area contributed by atoms with Gasteiger partial charge in [0.15, 0.2) is 0 Å². The van der Waals surface area contributed by atoms with Crippen molar-refractivity contribution in [3.05, 3.63) is 35.1 Å². The molecule has 0 spiro atoms. The van der Waals surface area contributed by atoms with Gasteiger partial charge in [0, 0.05) is 18.5 Å². The number of carboxylic acid groups (broad SMARTS) is 1. The summed E-state index contributed by atoms with van der Waals surface area (Å²) < 4.78 is 39.1. The molecule has 0 radical (unpaired) electrons. The van der Waals surface area contributed by atoms with E-state index in [-0.39, 0.29) is 24.9 Å². The molecule has 2 N–H and O–H groups in total. The molecule has 0 aromatic heterocycles. The van der Waals surface area contributed by atoms with Gasteiger partial charge in [0.25, 0.3) is 0 Å². The van der Waals surface area contributed by atoms with Gasteiger partial charge in [0.1, 0.15) is 5.82 Å². The molecular formula is C12H16FNO4S. The molecule has 1 rings (SSSR count). The molecule has 1 aromatic rings. The van der Waals surface area contributed by atoms with Gasteiger partial charge in [0.2, 0.25) is 10.0 Å². The molecule has 5 nitrogen and oxygen atoms in total. The second kappa shape index (κ2) is 6.63. The fraction of sp³-hybridized carbons (Fsp3) is 0.417. The Labute approximate surface area is 111 Å². The van der Waals surface area contributed by atoms with Crippen molar-refractivity contribution in [2.75, 3.05) is 6.54 Å². The standard InChI is InChI=1S/C12H16FNO4S/c1-9-4-5-10(11(13)7-9)8-19(17,18)14-6-2-3-12(15)16/h4-5,7,14H,2-3,6,8H2,1H3,(H,15,16). The molecule has 7 heteroatoms. The molecular weight excluding hydrogens is 273 g/mol. The minimum absolute atomic E-state index is 0.0299. The summed E-state index contributed by atoms with van der Waals surface area (Å²) in [5.41, 5.74) is 0.810. The smallest absolute Gasteiger partial charge is 0.303 e. The van der Waals surface area contributed by atoms with Crippen molar-refractivity contribution in [3.63, 3.8) is 0 Å². The number of rotatable bonds is 7. The van der Waals surface area contributed by atoms with E-state index in [1.807, 2.05) is 0 Å². The Morgan fingerprint density at radius 1 is 1.42 bits per heavy atom. The molecule has 0 heterocycles. The van der Waals surface area contributed by atoms with Crippen LogP contribution in [0.1, 0.15) is 24.0 Å². The van der Waals surface area contributed by atoms with E-state index >= 15 is 0 Å². The first kappa shape index (κ1) is 15.6. The molecule has 0 aliphatic carbocycles. The average molecular weight is 289 g/mol. The summed E-state index contributed by atoms with van der Waals surface area (Å²) in [6.07, 6.45) is 0.0896. The first-order chi connectivity index (χ1) is 8.80. The SMILES string of the molecule is Cc1ccc(CS(=O)(=O)NCCCC(=O)O)c(F)c1. The topological polar surface area (TPSA) is 83.5 Å². The average Bonchev–Trinajstić information content (AvgIpc) is 2.28. The van der Waals surface area contributed by atoms with Crippen molar-refractivity contribution in [1.29, 1.82) is 0 Å².